The Bertz CT molecular complexity index is 873. The zero-order chi connectivity index (χ0) is 25.3. The van der Waals surface area contributed by atoms with E-state index in [-0.39, 0.29) is 31.3 Å². The first-order valence-electron chi connectivity index (χ1n) is 11.2. The number of carbonyl (C=O) groups excluding carboxylic acids is 5. The van der Waals surface area contributed by atoms with Crippen LogP contribution in [0.1, 0.15) is 52.5 Å². The molecule has 11 nitrogen and oxygen atoms in total. The van der Waals surface area contributed by atoms with Gasteiger partial charge in [0.05, 0.1) is 0 Å². The molecule has 0 saturated carbocycles. The molecule has 1 aliphatic heterocycles. The van der Waals surface area contributed by atoms with Gasteiger partial charge in [0.1, 0.15) is 18.8 Å². The Morgan fingerprint density at radius 2 is 1.53 bits per heavy atom. The lowest BCUT2D eigenvalue weighted by atomic mass is 10.0. The maximum Gasteiger partial charge on any atom is 0.433 e. The lowest BCUT2D eigenvalue weighted by Crippen LogP contribution is -2.57. The van der Waals surface area contributed by atoms with E-state index in [0.717, 1.165) is 5.56 Å². The predicted molar refractivity (Wildman–Crippen MR) is 120 cm³/mol. The van der Waals surface area contributed by atoms with Gasteiger partial charge >= 0.3 is 12.2 Å². The molecule has 5 amide bonds. The average Bonchev–Trinajstić information content (AvgIpc) is 3.09. The molecule has 0 aliphatic carbocycles. The SMILES string of the molecule is CC(C)C[C@H](NC(=O)OCc1ccccc1)C(=O)N[C@H](NC(=O)ON1C(=O)CCC1=O)C(C)C. The highest BCUT2D eigenvalue weighted by atomic mass is 16.7. The van der Waals surface area contributed by atoms with Crippen LogP contribution in [-0.2, 0) is 30.6 Å². The minimum Gasteiger partial charge on any atom is -0.445 e. The van der Waals surface area contributed by atoms with Gasteiger partial charge in [-0.1, -0.05) is 58.0 Å². The molecule has 1 aromatic carbocycles. The van der Waals surface area contributed by atoms with Gasteiger partial charge in [0.15, 0.2) is 0 Å². The number of benzene rings is 1. The van der Waals surface area contributed by atoms with Crippen molar-refractivity contribution < 1.29 is 33.5 Å². The molecule has 1 saturated heterocycles. The molecule has 1 heterocycles. The largest absolute Gasteiger partial charge is 0.445 e. The van der Waals surface area contributed by atoms with Gasteiger partial charge in [0.2, 0.25) is 5.91 Å². The van der Waals surface area contributed by atoms with Gasteiger partial charge in [-0.25, -0.2) is 9.59 Å². The first kappa shape index (κ1) is 26.6. The van der Waals surface area contributed by atoms with Gasteiger partial charge in [-0.15, -0.1) is 5.06 Å². The molecular weight excluding hydrogens is 444 g/mol. The number of rotatable bonds is 10. The third-order valence-electron chi connectivity index (χ3n) is 4.95. The monoisotopic (exact) mass is 476 g/mol. The highest BCUT2D eigenvalue weighted by molar-refractivity contribution is 6.01. The Morgan fingerprint density at radius 1 is 0.912 bits per heavy atom. The summed E-state index contributed by atoms with van der Waals surface area (Å²) in [5.74, 6) is -1.95. The number of hydrogen-bond donors (Lipinski definition) is 3. The first-order valence-corrected chi connectivity index (χ1v) is 11.2. The van der Waals surface area contributed by atoms with Crippen LogP contribution in [0.5, 0.6) is 0 Å². The molecule has 1 fully saturated rings. The van der Waals surface area contributed by atoms with Crippen LogP contribution < -0.4 is 16.0 Å². The van der Waals surface area contributed by atoms with Crippen molar-refractivity contribution in [1.29, 1.82) is 0 Å². The van der Waals surface area contributed by atoms with Crippen molar-refractivity contribution in [2.45, 2.75) is 65.8 Å². The Hall–Kier alpha value is -3.63. The maximum atomic E-state index is 12.9. The van der Waals surface area contributed by atoms with E-state index in [9.17, 15) is 24.0 Å². The molecule has 0 unspecified atom stereocenters. The van der Waals surface area contributed by atoms with E-state index in [1.165, 1.54) is 0 Å². The van der Waals surface area contributed by atoms with Crippen molar-refractivity contribution in [3.05, 3.63) is 35.9 Å². The molecule has 0 bridgehead atoms. The summed E-state index contributed by atoms with van der Waals surface area (Å²) in [4.78, 5) is 65.5. The number of hydroxylamine groups is 2. The molecular formula is C23H32N4O7. The van der Waals surface area contributed by atoms with Gasteiger partial charge < -0.3 is 20.2 Å². The quantitative estimate of drug-likeness (QED) is 0.347. The molecule has 2 atom stereocenters. The van der Waals surface area contributed by atoms with E-state index in [4.69, 9.17) is 9.57 Å². The number of imide groups is 1. The number of hydrogen-bond acceptors (Lipinski definition) is 7. The fourth-order valence-electron chi connectivity index (χ4n) is 3.13. The molecule has 1 aliphatic rings. The minimum absolute atomic E-state index is 0.0284. The standard InChI is InChI=1S/C23H32N4O7/c1-14(2)12-17(24-22(31)33-13-16-8-6-5-7-9-16)21(30)25-20(15(3)4)26-23(32)34-27-18(28)10-11-19(27)29/h5-9,14-15,17,20H,10-13H2,1-4H3,(H,24,31)(H,25,30)(H,26,32)/t17-,20+/m0/s1. The number of nitrogens with one attached hydrogen (secondary N) is 3. The van der Waals surface area contributed by atoms with Crippen LogP contribution in [0.3, 0.4) is 0 Å². The average molecular weight is 477 g/mol. The number of alkyl carbamates (subject to hydrolysis) is 1. The molecule has 0 radical (unpaired) electrons. The molecule has 2 rings (SSSR count). The van der Waals surface area contributed by atoms with Crippen LogP contribution in [0.2, 0.25) is 0 Å². The predicted octanol–water partition coefficient (Wildman–Crippen LogP) is 2.22. The van der Waals surface area contributed by atoms with Crippen molar-refractivity contribution in [1.82, 2.24) is 21.0 Å². The van der Waals surface area contributed by atoms with Crippen molar-refractivity contribution in [2.75, 3.05) is 0 Å². The fourth-order valence-corrected chi connectivity index (χ4v) is 3.13. The zero-order valence-corrected chi connectivity index (χ0v) is 19.8. The van der Waals surface area contributed by atoms with Crippen LogP contribution in [0.25, 0.3) is 0 Å². The summed E-state index contributed by atoms with van der Waals surface area (Å²) in [5.41, 5.74) is 0.806. The highest BCUT2D eigenvalue weighted by Gasteiger charge is 2.34. The normalized spacial score (nSPS) is 15.2. The third-order valence-corrected chi connectivity index (χ3v) is 4.95. The van der Waals surface area contributed by atoms with Gasteiger partial charge in [-0.2, -0.15) is 0 Å². The van der Waals surface area contributed by atoms with E-state index in [1.54, 1.807) is 13.8 Å². The first-order chi connectivity index (χ1) is 16.1. The Labute approximate surface area is 198 Å². The van der Waals surface area contributed by atoms with Crippen LogP contribution in [0.15, 0.2) is 30.3 Å². The van der Waals surface area contributed by atoms with Crippen LogP contribution >= 0.6 is 0 Å². The molecule has 11 heteroatoms. The number of amides is 5. The van der Waals surface area contributed by atoms with Crippen LogP contribution in [-0.4, -0.2) is 47.2 Å². The van der Waals surface area contributed by atoms with E-state index in [1.807, 2.05) is 44.2 Å². The number of ether oxygens (including phenoxy) is 1. The molecule has 186 valence electrons. The summed E-state index contributed by atoms with van der Waals surface area (Å²) >= 11 is 0. The van der Waals surface area contributed by atoms with Gasteiger partial charge in [-0.3, -0.25) is 19.7 Å². The molecule has 0 spiro atoms. The zero-order valence-electron chi connectivity index (χ0n) is 19.8. The Kier molecular flexibility index (Phi) is 9.84. The summed E-state index contributed by atoms with van der Waals surface area (Å²) in [6.07, 6.45) is -2.41. The fraction of sp³-hybridized carbons (Fsp3) is 0.522. The van der Waals surface area contributed by atoms with Crippen molar-refractivity contribution in [2.24, 2.45) is 11.8 Å². The van der Waals surface area contributed by atoms with Gasteiger partial charge in [0, 0.05) is 12.8 Å². The summed E-state index contributed by atoms with van der Waals surface area (Å²) in [6, 6.07) is 8.21. The van der Waals surface area contributed by atoms with Gasteiger partial charge in [0.25, 0.3) is 11.8 Å². The summed E-state index contributed by atoms with van der Waals surface area (Å²) in [6.45, 7) is 7.35. The molecule has 0 aromatic heterocycles. The molecule has 3 N–H and O–H groups in total. The lowest BCUT2D eigenvalue weighted by Gasteiger charge is -2.27. The molecule has 34 heavy (non-hydrogen) atoms. The van der Waals surface area contributed by atoms with Crippen molar-refractivity contribution in [3.63, 3.8) is 0 Å². The van der Waals surface area contributed by atoms with E-state index in [2.05, 4.69) is 16.0 Å². The second-order valence-electron chi connectivity index (χ2n) is 8.72. The summed E-state index contributed by atoms with van der Waals surface area (Å²) < 4.78 is 5.21. The van der Waals surface area contributed by atoms with E-state index >= 15 is 0 Å². The van der Waals surface area contributed by atoms with E-state index < -0.39 is 42.1 Å². The highest BCUT2D eigenvalue weighted by Crippen LogP contribution is 2.13. The second-order valence-corrected chi connectivity index (χ2v) is 8.72. The van der Waals surface area contributed by atoms with Crippen molar-refractivity contribution in [3.8, 4) is 0 Å². The Morgan fingerprint density at radius 3 is 2.09 bits per heavy atom. The van der Waals surface area contributed by atoms with E-state index in [0.29, 0.717) is 11.5 Å². The van der Waals surface area contributed by atoms with Crippen LogP contribution in [0, 0.1) is 11.8 Å². The number of nitrogens with zero attached hydrogens (tertiary/aromatic N) is 1. The number of carbonyl (C=O) groups is 5. The summed E-state index contributed by atoms with van der Waals surface area (Å²) in [5, 5.41) is 8.10. The maximum absolute atomic E-state index is 12.9. The minimum atomic E-state index is -1.06. The van der Waals surface area contributed by atoms with Gasteiger partial charge in [-0.05, 0) is 23.8 Å². The smallest absolute Gasteiger partial charge is 0.433 e. The van der Waals surface area contributed by atoms with Crippen LogP contribution in [0.4, 0.5) is 9.59 Å². The summed E-state index contributed by atoms with van der Waals surface area (Å²) in [7, 11) is 0. The second kappa shape index (κ2) is 12.6. The van der Waals surface area contributed by atoms with Crippen molar-refractivity contribution >= 4 is 29.9 Å². The molecule has 1 aromatic rings. The Balaban J connectivity index is 1.95. The third kappa shape index (κ3) is 8.38. The topological polar surface area (TPSA) is 143 Å². The lowest BCUT2D eigenvalue weighted by molar-refractivity contribution is -0.171.